The summed E-state index contributed by atoms with van der Waals surface area (Å²) in [5.41, 5.74) is 2.57. The third-order valence-corrected chi connectivity index (χ3v) is 2.20. The van der Waals surface area contributed by atoms with Crippen LogP contribution in [0.1, 0.15) is 6.92 Å². The standard InChI is InChI=1S/C9H12Cl2N2O/c1-6(13-12)5-14-9-3-2-7(10)4-8(9)11/h2-4,6,13H,5,12H2,1H3. The summed E-state index contributed by atoms with van der Waals surface area (Å²) >= 11 is 11.6. The summed E-state index contributed by atoms with van der Waals surface area (Å²) in [4.78, 5) is 0. The number of hydrazine groups is 1. The number of benzene rings is 1. The molecule has 14 heavy (non-hydrogen) atoms. The van der Waals surface area contributed by atoms with E-state index in [9.17, 15) is 0 Å². The molecule has 0 saturated heterocycles. The van der Waals surface area contributed by atoms with Crippen molar-refractivity contribution in [3.8, 4) is 5.75 Å². The van der Waals surface area contributed by atoms with E-state index in [1.165, 1.54) is 0 Å². The Hall–Kier alpha value is -0.480. The maximum Gasteiger partial charge on any atom is 0.138 e. The second kappa shape index (κ2) is 5.41. The van der Waals surface area contributed by atoms with Crippen molar-refractivity contribution in [3.63, 3.8) is 0 Å². The summed E-state index contributed by atoms with van der Waals surface area (Å²) < 4.78 is 5.41. The van der Waals surface area contributed by atoms with Gasteiger partial charge in [0.2, 0.25) is 0 Å². The van der Waals surface area contributed by atoms with Crippen LogP contribution in [0.25, 0.3) is 0 Å². The molecule has 1 atom stereocenters. The maximum absolute atomic E-state index is 5.90. The molecule has 78 valence electrons. The summed E-state index contributed by atoms with van der Waals surface area (Å²) in [6.45, 7) is 2.36. The normalized spacial score (nSPS) is 12.6. The van der Waals surface area contributed by atoms with E-state index in [1.807, 2.05) is 6.92 Å². The predicted molar refractivity (Wildman–Crippen MR) is 58.7 cm³/mol. The van der Waals surface area contributed by atoms with E-state index < -0.39 is 0 Å². The molecule has 1 unspecified atom stereocenters. The van der Waals surface area contributed by atoms with Crippen molar-refractivity contribution in [2.24, 2.45) is 5.84 Å². The van der Waals surface area contributed by atoms with Crippen LogP contribution in [0, 0.1) is 0 Å². The highest BCUT2D eigenvalue weighted by molar-refractivity contribution is 6.35. The van der Waals surface area contributed by atoms with E-state index >= 15 is 0 Å². The Morgan fingerprint density at radius 1 is 1.50 bits per heavy atom. The van der Waals surface area contributed by atoms with Gasteiger partial charge in [0.1, 0.15) is 12.4 Å². The van der Waals surface area contributed by atoms with Gasteiger partial charge >= 0.3 is 0 Å². The third kappa shape index (κ3) is 3.35. The number of nitrogens with two attached hydrogens (primary N) is 1. The van der Waals surface area contributed by atoms with Crippen LogP contribution in [0.2, 0.25) is 10.0 Å². The first-order valence-electron chi connectivity index (χ1n) is 4.17. The fourth-order valence-corrected chi connectivity index (χ4v) is 1.32. The molecule has 3 nitrogen and oxygen atoms in total. The van der Waals surface area contributed by atoms with Gasteiger partial charge in [-0.2, -0.15) is 0 Å². The lowest BCUT2D eigenvalue weighted by Gasteiger charge is -2.12. The average Bonchev–Trinajstić information content (AvgIpc) is 2.16. The van der Waals surface area contributed by atoms with E-state index in [2.05, 4.69) is 5.43 Å². The molecular weight excluding hydrogens is 223 g/mol. The highest BCUT2D eigenvalue weighted by Gasteiger charge is 2.04. The maximum atomic E-state index is 5.90. The molecule has 0 fully saturated rings. The highest BCUT2D eigenvalue weighted by Crippen LogP contribution is 2.27. The summed E-state index contributed by atoms with van der Waals surface area (Å²) in [5, 5.41) is 1.09. The van der Waals surface area contributed by atoms with E-state index in [0.29, 0.717) is 22.4 Å². The fourth-order valence-electron chi connectivity index (χ4n) is 0.855. The number of hydrogen-bond acceptors (Lipinski definition) is 3. The van der Waals surface area contributed by atoms with Crippen LogP contribution in [0.15, 0.2) is 18.2 Å². The van der Waals surface area contributed by atoms with Crippen molar-refractivity contribution in [1.29, 1.82) is 0 Å². The van der Waals surface area contributed by atoms with Crippen LogP contribution in [-0.4, -0.2) is 12.6 Å². The van der Waals surface area contributed by atoms with E-state index in [0.717, 1.165) is 0 Å². The van der Waals surface area contributed by atoms with Crippen LogP contribution >= 0.6 is 23.2 Å². The molecule has 0 amide bonds. The van der Waals surface area contributed by atoms with Gasteiger partial charge in [0.15, 0.2) is 0 Å². The van der Waals surface area contributed by atoms with Crippen molar-refractivity contribution in [3.05, 3.63) is 28.2 Å². The predicted octanol–water partition coefficient (Wildman–Crippen LogP) is 2.22. The number of ether oxygens (including phenoxy) is 1. The lowest BCUT2D eigenvalue weighted by atomic mass is 10.3. The Morgan fingerprint density at radius 3 is 2.79 bits per heavy atom. The van der Waals surface area contributed by atoms with E-state index in [-0.39, 0.29) is 6.04 Å². The Morgan fingerprint density at radius 2 is 2.21 bits per heavy atom. The molecule has 1 rings (SSSR count). The van der Waals surface area contributed by atoms with Gasteiger partial charge < -0.3 is 4.74 Å². The van der Waals surface area contributed by atoms with Crippen molar-refractivity contribution >= 4 is 23.2 Å². The van der Waals surface area contributed by atoms with Crippen LogP contribution in [0.4, 0.5) is 0 Å². The van der Waals surface area contributed by atoms with Gasteiger partial charge in [0.25, 0.3) is 0 Å². The number of nitrogens with one attached hydrogen (secondary N) is 1. The molecule has 0 aliphatic heterocycles. The smallest absolute Gasteiger partial charge is 0.138 e. The molecule has 0 aliphatic carbocycles. The molecule has 0 aliphatic rings. The van der Waals surface area contributed by atoms with Gasteiger partial charge in [-0.25, -0.2) is 0 Å². The lowest BCUT2D eigenvalue weighted by molar-refractivity contribution is 0.275. The first-order valence-corrected chi connectivity index (χ1v) is 4.93. The zero-order chi connectivity index (χ0) is 10.6. The number of hydrogen-bond donors (Lipinski definition) is 2. The van der Waals surface area contributed by atoms with Gasteiger partial charge in [-0.05, 0) is 25.1 Å². The van der Waals surface area contributed by atoms with Crippen LogP contribution in [0.5, 0.6) is 5.75 Å². The fraction of sp³-hybridized carbons (Fsp3) is 0.333. The van der Waals surface area contributed by atoms with Gasteiger partial charge in [-0.15, -0.1) is 0 Å². The van der Waals surface area contributed by atoms with Gasteiger partial charge in [-0.3, -0.25) is 11.3 Å². The number of halogens is 2. The molecule has 0 bridgehead atoms. The second-order valence-corrected chi connectivity index (χ2v) is 3.80. The highest BCUT2D eigenvalue weighted by atomic mass is 35.5. The van der Waals surface area contributed by atoms with Crippen molar-refractivity contribution < 1.29 is 4.74 Å². The van der Waals surface area contributed by atoms with Crippen LogP contribution in [0.3, 0.4) is 0 Å². The monoisotopic (exact) mass is 234 g/mol. The minimum absolute atomic E-state index is 0.0711. The molecule has 0 heterocycles. The van der Waals surface area contributed by atoms with Gasteiger partial charge in [0.05, 0.1) is 11.1 Å². The molecule has 0 saturated carbocycles. The van der Waals surface area contributed by atoms with Gasteiger partial charge in [0, 0.05) is 5.02 Å². The van der Waals surface area contributed by atoms with Crippen molar-refractivity contribution in [1.82, 2.24) is 5.43 Å². The number of rotatable bonds is 4. The zero-order valence-corrected chi connectivity index (χ0v) is 9.27. The molecule has 1 aromatic rings. The molecule has 3 N–H and O–H groups in total. The Bertz CT molecular complexity index is 307. The first kappa shape index (κ1) is 11.6. The average molecular weight is 235 g/mol. The minimum atomic E-state index is 0.0711. The van der Waals surface area contributed by atoms with E-state index in [1.54, 1.807) is 18.2 Å². The van der Waals surface area contributed by atoms with Crippen molar-refractivity contribution in [2.75, 3.05) is 6.61 Å². The summed E-state index contributed by atoms with van der Waals surface area (Å²) in [7, 11) is 0. The Kier molecular flexibility index (Phi) is 4.48. The first-order chi connectivity index (χ1) is 6.63. The van der Waals surface area contributed by atoms with Crippen LogP contribution in [-0.2, 0) is 0 Å². The minimum Gasteiger partial charge on any atom is -0.490 e. The Balaban J connectivity index is 2.59. The quantitative estimate of drug-likeness (QED) is 0.621. The summed E-state index contributed by atoms with van der Waals surface area (Å²) in [6, 6.07) is 5.16. The SMILES string of the molecule is CC(COc1ccc(Cl)cc1Cl)NN. The molecular formula is C9H12Cl2N2O. The molecule has 1 aromatic carbocycles. The molecule has 0 aromatic heterocycles. The summed E-state index contributed by atoms with van der Waals surface area (Å²) in [6.07, 6.45) is 0. The largest absolute Gasteiger partial charge is 0.490 e. The van der Waals surface area contributed by atoms with E-state index in [4.69, 9.17) is 33.8 Å². The summed E-state index contributed by atoms with van der Waals surface area (Å²) in [5.74, 6) is 5.82. The Labute approximate surface area is 93.1 Å². The molecule has 0 radical (unpaired) electrons. The molecule has 0 spiro atoms. The van der Waals surface area contributed by atoms with Crippen LogP contribution < -0.4 is 16.0 Å². The zero-order valence-electron chi connectivity index (χ0n) is 7.76. The van der Waals surface area contributed by atoms with Crippen molar-refractivity contribution in [2.45, 2.75) is 13.0 Å². The lowest BCUT2D eigenvalue weighted by Crippen LogP contribution is -2.36. The van der Waals surface area contributed by atoms with Gasteiger partial charge in [-0.1, -0.05) is 23.2 Å². The third-order valence-electron chi connectivity index (χ3n) is 1.67. The topological polar surface area (TPSA) is 47.3 Å². The molecule has 5 heteroatoms. The second-order valence-electron chi connectivity index (χ2n) is 2.95.